The molecule has 0 N–H and O–H groups in total. The Morgan fingerprint density at radius 2 is 1.87 bits per heavy atom. The maximum atomic E-state index is 3.80. The SMILES string of the molecule is C=C/C=C(\C=C)c1ccc(CCC)cc1. The van der Waals surface area contributed by atoms with Crippen LogP contribution in [0.2, 0.25) is 0 Å². The Balaban J connectivity index is 2.91. The number of aryl methyl sites for hydroxylation is 1. The number of rotatable bonds is 5. The second kappa shape index (κ2) is 6.02. The van der Waals surface area contributed by atoms with Gasteiger partial charge in [-0.2, -0.15) is 0 Å². The molecule has 0 aromatic heterocycles. The van der Waals surface area contributed by atoms with E-state index in [1.807, 2.05) is 12.2 Å². The van der Waals surface area contributed by atoms with Gasteiger partial charge < -0.3 is 0 Å². The highest BCUT2D eigenvalue weighted by molar-refractivity contribution is 5.74. The predicted octanol–water partition coefficient (Wildman–Crippen LogP) is 4.39. The topological polar surface area (TPSA) is 0 Å². The van der Waals surface area contributed by atoms with Crippen LogP contribution >= 0.6 is 0 Å². The van der Waals surface area contributed by atoms with Crippen molar-refractivity contribution in [2.24, 2.45) is 0 Å². The minimum atomic E-state index is 1.12. The minimum Gasteiger partial charge on any atom is -0.0990 e. The van der Waals surface area contributed by atoms with E-state index in [1.54, 1.807) is 6.08 Å². The summed E-state index contributed by atoms with van der Waals surface area (Å²) in [4.78, 5) is 0. The lowest BCUT2D eigenvalue weighted by molar-refractivity contribution is 0.922. The number of benzene rings is 1. The molecular formula is C15H18. The minimum absolute atomic E-state index is 1.12. The number of hydrogen-bond donors (Lipinski definition) is 0. The van der Waals surface area contributed by atoms with Crippen LogP contribution in [-0.2, 0) is 6.42 Å². The lowest BCUT2D eigenvalue weighted by atomic mass is 10.0. The van der Waals surface area contributed by atoms with E-state index in [4.69, 9.17) is 0 Å². The smallest absolute Gasteiger partial charge is 0.0184 e. The Labute approximate surface area is 92.6 Å². The van der Waals surface area contributed by atoms with E-state index < -0.39 is 0 Å². The van der Waals surface area contributed by atoms with Gasteiger partial charge in [-0.1, -0.05) is 69.0 Å². The summed E-state index contributed by atoms with van der Waals surface area (Å²) in [5.41, 5.74) is 3.71. The van der Waals surface area contributed by atoms with Gasteiger partial charge in [-0.3, -0.25) is 0 Å². The molecule has 0 aliphatic heterocycles. The summed E-state index contributed by atoms with van der Waals surface area (Å²) in [5.74, 6) is 0. The quantitative estimate of drug-likeness (QED) is 0.615. The van der Waals surface area contributed by atoms with Crippen molar-refractivity contribution in [1.29, 1.82) is 0 Å². The molecule has 0 nitrogen and oxygen atoms in total. The molecule has 0 aliphatic rings. The van der Waals surface area contributed by atoms with Gasteiger partial charge in [-0.05, 0) is 23.1 Å². The van der Waals surface area contributed by atoms with Crippen LogP contribution in [0.1, 0.15) is 24.5 Å². The Bertz CT molecular complexity index is 352. The standard InChI is InChI=1S/C15H18/c1-4-7-13-9-11-15(12-10-13)14(6-3)8-5-2/h5-6,8-12H,2-4,7H2,1H3/b14-8+. The molecular weight excluding hydrogens is 180 g/mol. The molecule has 0 amide bonds. The van der Waals surface area contributed by atoms with Crippen molar-refractivity contribution in [1.82, 2.24) is 0 Å². The first-order chi connectivity index (χ1) is 7.31. The van der Waals surface area contributed by atoms with Crippen molar-refractivity contribution >= 4 is 5.57 Å². The van der Waals surface area contributed by atoms with Crippen molar-refractivity contribution < 1.29 is 0 Å². The molecule has 0 radical (unpaired) electrons. The Kier molecular flexibility index (Phi) is 4.62. The van der Waals surface area contributed by atoms with Crippen molar-refractivity contribution in [3.63, 3.8) is 0 Å². The highest BCUT2D eigenvalue weighted by Gasteiger charge is 1.96. The monoisotopic (exact) mass is 198 g/mol. The molecule has 1 aromatic rings. The van der Waals surface area contributed by atoms with Gasteiger partial charge in [0.2, 0.25) is 0 Å². The molecule has 0 heteroatoms. The highest BCUT2D eigenvalue weighted by atomic mass is 14.0. The van der Waals surface area contributed by atoms with Crippen LogP contribution in [0.3, 0.4) is 0 Å². The molecule has 0 heterocycles. The lowest BCUT2D eigenvalue weighted by Gasteiger charge is -2.03. The Morgan fingerprint density at radius 1 is 1.20 bits per heavy atom. The highest BCUT2D eigenvalue weighted by Crippen LogP contribution is 2.16. The van der Waals surface area contributed by atoms with Gasteiger partial charge in [0.25, 0.3) is 0 Å². The van der Waals surface area contributed by atoms with Crippen LogP contribution in [0.4, 0.5) is 0 Å². The fourth-order valence-corrected chi connectivity index (χ4v) is 1.56. The fourth-order valence-electron chi connectivity index (χ4n) is 1.56. The van der Waals surface area contributed by atoms with Crippen molar-refractivity contribution in [2.45, 2.75) is 19.8 Å². The third-order valence-corrected chi connectivity index (χ3v) is 2.34. The third kappa shape index (κ3) is 3.25. The van der Waals surface area contributed by atoms with Crippen LogP contribution in [0.15, 0.2) is 55.7 Å². The van der Waals surface area contributed by atoms with Gasteiger partial charge in [0.1, 0.15) is 0 Å². The van der Waals surface area contributed by atoms with E-state index in [1.165, 1.54) is 17.5 Å². The molecule has 0 aliphatic carbocycles. The van der Waals surface area contributed by atoms with Crippen LogP contribution in [0.25, 0.3) is 5.57 Å². The molecule has 0 saturated heterocycles. The zero-order chi connectivity index (χ0) is 11.1. The number of hydrogen-bond acceptors (Lipinski definition) is 0. The lowest BCUT2D eigenvalue weighted by Crippen LogP contribution is -1.85. The Hall–Kier alpha value is -1.56. The summed E-state index contributed by atoms with van der Waals surface area (Å²) in [6, 6.07) is 8.64. The molecule has 1 rings (SSSR count). The first-order valence-corrected chi connectivity index (χ1v) is 5.36. The first kappa shape index (κ1) is 11.5. The zero-order valence-corrected chi connectivity index (χ0v) is 9.37. The van der Waals surface area contributed by atoms with Gasteiger partial charge in [-0.25, -0.2) is 0 Å². The van der Waals surface area contributed by atoms with E-state index in [0.717, 1.165) is 12.0 Å². The van der Waals surface area contributed by atoms with Crippen molar-refractivity contribution in [3.8, 4) is 0 Å². The fraction of sp³-hybridized carbons (Fsp3) is 0.200. The molecule has 78 valence electrons. The normalized spacial score (nSPS) is 11.1. The maximum Gasteiger partial charge on any atom is -0.0184 e. The summed E-state index contributed by atoms with van der Waals surface area (Å²) in [6.07, 6.45) is 7.96. The van der Waals surface area contributed by atoms with Crippen molar-refractivity contribution in [2.75, 3.05) is 0 Å². The van der Waals surface area contributed by atoms with Crippen LogP contribution in [0, 0.1) is 0 Å². The van der Waals surface area contributed by atoms with Crippen LogP contribution in [-0.4, -0.2) is 0 Å². The predicted molar refractivity (Wildman–Crippen MR) is 68.8 cm³/mol. The van der Waals surface area contributed by atoms with Gasteiger partial charge in [0.05, 0.1) is 0 Å². The Morgan fingerprint density at radius 3 is 2.33 bits per heavy atom. The van der Waals surface area contributed by atoms with E-state index in [-0.39, 0.29) is 0 Å². The molecule has 15 heavy (non-hydrogen) atoms. The molecule has 0 saturated carbocycles. The summed E-state index contributed by atoms with van der Waals surface area (Å²) in [7, 11) is 0. The van der Waals surface area contributed by atoms with Gasteiger partial charge in [0, 0.05) is 0 Å². The molecule has 0 atom stereocenters. The van der Waals surface area contributed by atoms with Crippen LogP contribution in [0.5, 0.6) is 0 Å². The van der Waals surface area contributed by atoms with Gasteiger partial charge in [0.15, 0.2) is 0 Å². The molecule has 1 aromatic carbocycles. The summed E-state index contributed by atoms with van der Waals surface area (Å²) in [6.45, 7) is 9.69. The average molecular weight is 198 g/mol. The summed E-state index contributed by atoms with van der Waals surface area (Å²) in [5, 5.41) is 0. The van der Waals surface area contributed by atoms with E-state index in [9.17, 15) is 0 Å². The molecule has 0 fully saturated rings. The maximum absolute atomic E-state index is 3.80. The van der Waals surface area contributed by atoms with Crippen LogP contribution < -0.4 is 0 Å². The summed E-state index contributed by atoms with van der Waals surface area (Å²) < 4.78 is 0. The third-order valence-electron chi connectivity index (χ3n) is 2.34. The van der Waals surface area contributed by atoms with Gasteiger partial charge >= 0.3 is 0 Å². The molecule has 0 unspecified atom stereocenters. The summed E-state index contributed by atoms with van der Waals surface area (Å²) >= 11 is 0. The van der Waals surface area contributed by atoms with E-state index in [2.05, 4.69) is 44.3 Å². The first-order valence-electron chi connectivity index (χ1n) is 5.36. The molecule has 0 spiro atoms. The van der Waals surface area contributed by atoms with Gasteiger partial charge in [-0.15, -0.1) is 0 Å². The number of allylic oxidation sites excluding steroid dienone is 4. The second-order valence-corrected chi connectivity index (χ2v) is 3.51. The largest absolute Gasteiger partial charge is 0.0990 e. The van der Waals surface area contributed by atoms with E-state index in [0.29, 0.717) is 0 Å². The average Bonchev–Trinajstić information content (AvgIpc) is 2.28. The molecule has 0 bridgehead atoms. The second-order valence-electron chi connectivity index (χ2n) is 3.51. The van der Waals surface area contributed by atoms with E-state index >= 15 is 0 Å². The van der Waals surface area contributed by atoms with Crippen molar-refractivity contribution in [3.05, 3.63) is 66.8 Å². The zero-order valence-electron chi connectivity index (χ0n) is 9.37.